The van der Waals surface area contributed by atoms with Gasteiger partial charge in [-0.15, -0.1) is 11.3 Å². The number of carboxylic acids is 1. The minimum atomic E-state index is -0.835. The molecule has 0 radical (unpaired) electrons. The second-order valence-corrected chi connectivity index (χ2v) is 7.97. The van der Waals surface area contributed by atoms with E-state index in [9.17, 15) is 9.59 Å². The highest BCUT2D eigenvalue weighted by molar-refractivity contribution is 7.14. The van der Waals surface area contributed by atoms with Gasteiger partial charge in [0.15, 0.2) is 0 Å². The molecule has 1 aromatic rings. The highest BCUT2D eigenvalue weighted by Crippen LogP contribution is 2.35. The number of carbonyl (C=O) groups is 2. The zero-order valence-electron chi connectivity index (χ0n) is 13.2. The molecule has 1 heterocycles. The maximum absolute atomic E-state index is 12.8. The third-order valence-electron chi connectivity index (χ3n) is 4.68. The Bertz CT molecular complexity index is 591. The van der Waals surface area contributed by atoms with E-state index >= 15 is 0 Å². The van der Waals surface area contributed by atoms with Gasteiger partial charge in [-0.3, -0.25) is 9.59 Å². The van der Waals surface area contributed by atoms with Crippen molar-refractivity contribution in [1.82, 2.24) is 4.90 Å². The molecule has 1 saturated carbocycles. The number of aliphatic carboxylic acids is 1. The topological polar surface area (TPSA) is 57.6 Å². The number of amides is 1. The van der Waals surface area contributed by atoms with Gasteiger partial charge in [-0.2, -0.15) is 0 Å². The van der Waals surface area contributed by atoms with Crippen molar-refractivity contribution in [1.29, 1.82) is 0 Å². The predicted octanol–water partition coefficient (Wildman–Crippen LogP) is 3.20. The second kappa shape index (κ2) is 6.03. The quantitative estimate of drug-likeness (QED) is 0.906. The standard InChI is InChI=1S/C17H23NO3S/c1-10-3-6-14-12(7-10)8-15(22-14)16(19)18(13-4-5-13)9-11(2)17(20)21/h8,10-11,13H,3-7,9H2,1-2H3,(H,20,21). The van der Waals surface area contributed by atoms with Crippen molar-refractivity contribution in [2.75, 3.05) is 6.54 Å². The molecular formula is C17H23NO3S. The Kier molecular flexibility index (Phi) is 4.26. The number of hydrogen-bond acceptors (Lipinski definition) is 3. The lowest BCUT2D eigenvalue weighted by atomic mass is 9.90. The van der Waals surface area contributed by atoms with Gasteiger partial charge in [-0.05, 0) is 49.7 Å². The van der Waals surface area contributed by atoms with Crippen LogP contribution in [-0.4, -0.2) is 34.5 Å². The fraction of sp³-hybridized carbons (Fsp3) is 0.647. The summed E-state index contributed by atoms with van der Waals surface area (Å²) >= 11 is 1.62. The third kappa shape index (κ3) is 3.19. The summed E-state index contributed by atoms with van der Waals surface area (Å²) < 4.78 is 0. The highest BCUT2D eigenvalue weighted by atomic mass is 32.1. The largest absolute Gasteiger partial charge is 0.481 e. The van der Waals surface area contributed by atoms with Crippen LogP contribution in [0, 0.1) is 11.8 Å². The molecule has 120 valence electrons. The van der Waals surface area contributed by atoms with Gasteiger partial charge >= 0.3 is 5.97 Å². The number of hydrogen-bond donors (Lipinski definition) is 1. The monoisotopic (exact) mass is 321 g/mol. The van der Waals surface area contributed by atoms with Crippen molar-refractivity contribution < 1.29 is 14.7 Å². The Morgan fingerprint density at radius 1 is 1.41 bits per heavy atom. The van der Waals surface area contributed by atoms with Crippen LogP contribution in [0.4, 0.5) is 0 Å². The zero-order valence-corrected chi connectivity index (χ0v) is 14.0. The molecule has 4 nitrogen and oxygen atoms in total. The van der Waals surface area contributed by atoms with E-state index in [-0.39, 0.29) is 11.9 Å². The predicted molar refractivity (Wildman–Crippen MR) is 86.4 cm³/mol. The molecule has 2 aliphatic rings. The van der Waals surface area contributed by atoms with Crippen LogP contribution in [0.15, 0.2) is 6.07 Å². The first-order valence-electron chi connectivity index (χ1n) is 8.11. The number of rotatable bonds is 5. The van der Waals surface area contributed by atoms with E-state index in [1.54, 1.807) is 23.2 Å². The summed E-state index contributed by atoms with van der Waals surface area (Å²) in [6.45, 7) is 4.25. The second-order valence-electron chi connectivity index (χ2n) is 6.84. The average molecular weight is 321 g/mol. The molecule has 0 bridgehead atoms. The van der Waals surface area contributed by atoms with E-state index < -0.39 is 11.9 Å². The first kappa shape index (κ1) is 15.5. The van der Waals surface area contributed by atoms with E-state index in [2.05, 4.69) is 13.0 Å². The van der Waals surface area contributed by atoms with Crippen molar-refractivity contribution in [3.8, 4) is 0 Å². The maximum Gasteiger partial charge on any atom is 0.308 e. The van der Waals surface area contributed by atoms with E-state index in [0.29, 0.717) is 12.5 Å². The van der Waals surface area contributed by atoms with Crippen molar-refractivity contribution in [3.05, 3.63) is 21.4 Å². The number of carbonyl (C=O) groups excluding carboxylic acids is 1. The summed E-state index contributed by atoms with van der Waals surface area (Å²) in [5.74, 6) is -0.629. The Morgan fingerprint density at radius 3 is 2.77 bits per heavy atom. The van der Waals surface area contributed by atoms with Gasteiger partial charge < -0.3 is 10.0 Å². The van der Waals surface area contributed by atoms with Crippen molar-refractivity contribution in [2.45, 2.75) is 52.0 Å². The van der Waals surface area contributed by atoms with Crippen molar-refractivity contribution in [3.63, 3.8) is 0 Å². The Labute approximate surface area is 135 Å². The third-order valence-corrected chi connectivity index (χ3v) is 5.91. The molecule has 22 heavy (non-hydrogen) atoms. The lowest BCUT2D eigenvalue weighted by Gasteiger charge is -2.23. The molecule has 0 aliphatic heterocycles. The summed E-state index contributed by atoms with van der Waals surface area (Å²) in [7, 11) is 0. The fourth-order valence-electron chi connectivity index (χ4n) is 3.11. The molecule has 1 fully saturated rings. The van der Waals surface area contributed by atoms with E-state index in [0.717, 1.165) is 30.6 Å². The minimum Gasteiger partial charge on any atom is -0.481 e. The van der Waals surface area contributed by atoms with Crippen LogP contribution < -0.4 is 0 Å². The van der Waals surface area contributed by atoms with Crippen LogP contribution in [0.1, 0.15) is 53.2 Å². The molecule has 1 N–H and O–H groups in total. The Balaban J connectivity index is 1.77. The van der Waals surface area contributed by atoms with Gasteiger partial charge in [0.1, 0.15) is 0 Å². The van der Waals surface area contributed by atoms with Gasteiger partial charge in [0.25, 0.3) is 5.91 Å². The Hall–Kier alpha value is -1.36. The first-order valence-corrected chi connectivity index (χ1v) is 8.92. The van der Waals surface area contributed by atoms with E-state index in [4.69, 9.17) is 5.11 Å². The molecule has 2 aliphatic carbocycles. The SMILES string of the molecule is CC1CCc2sc(C(=O)N(CC(C)C(=O)O)C3CC3)cc2C1. The van der Waals surface area contributed by atoms with Crippen LogP contribution in [-0.2, 0) is 17.6 Å². The number of fused-ring (bicyclic) bond motifs is 1. The van der Waals surface area contributed by atoms with Crippen LogP contribution in [0.5, 0.6) is 0 Å². The summed E-state index contributed by atoms with van der Waals surface area (Å²) in [4.78, 5) is 27.9. The molecule has 1 aromatic heterocycles. The van der Waals surface area contributed by atoms with Crippen molar-refractivity contribution >= 4 is 23.2 Å². The maximum atomic E-state index is 12.8. The smallest absolute Gasteiger partial charge is 0.308 e. The minimum absolute atomic E-state index is 0.0302. The van der Waals surface area contributed by atoms with Crippen LogP contribution in [0.2, 0.25) is 0 Å². The van der Waals surface area contributed by atoms with Crippen LogP contribution in [0.3, 0.4) is 0 Å². The van der Waals surface area contributed by atoms with Gasteiger partial charge in [0, 0.05) is 17.5 Å². The van der Waals surface area contributed by atoms with Gasteiger partial charge in [0.05, 0.1) is 10.8 Å². The molecule has 0 aromatic carbocycles. The van der Waals surface area contributed by atoms with Gasteiger partial charge in [-0.25, -0.2) is 0 Å². The Morgan fingerprint density at radius 2 is 2.14 bits per heavy atom. The summed E-state index contributed by atoms with van der Waals surface area (Å²) in [6, 6.07) is 2.30. The summed E-state index contributed by atoms with van der Waals surface area (Å²) in [6.07, 6.45) is 5.33. The highest BCUT2D eigenvalue weighted by Gasteiger charge is 2.36. The van der Waals surface area contributed by atoms with Gasteiger partial charge in [0.2, 0.25) is 0 Å². The van der Waals surface area contributed by atoms with E-state index in [1.807, 2.05) is 0 Å². The normalized spacial score (nSPS) is 22.0. The van der Waals surface area contributed by atoms with Gasteiger partial charge in [-0.1, -0.05) is 13.8 Å². The molecule has 0 spiro atoms. The summed E-state index contributed by atoms with van der Waals surface area (Å²) in [5, 5.41) is 9.11. The molecule has 2 unspecified atom stereocenters. The fourth-order valence-corrected chi connectivity index (χ4v) is 4.27. The molecular weight excluding hydrogens is 298 g/mol. The molecule has 0 saturated heterocycles. The van der Waals surface area contributed by atoms with Crippen LogP contribution in [0.25, 0.3) is 0 Å². The molecule has 3 rings (SSSR count). The first-order chi connectivity index (χ1) is 10.5. The zero-order chi connectivity index (χ0) is 15.9. The molecule has 5 heteroatoms. The number of nitrogens with zero attached hydrogens (tertiary/aromatic N) is 1. The van der Waals surface area contributed by atoms with Crippen molar-refractivity contribution in [2.24, 2.45) is 11.8 Å². The van der Waals surface area contributed by atoms with Crippen LogP contribution >= 0.6 is 11.3 Å². The lowest BCUT2D eigenvalue weighted by Crippen LogP contribution is -2.38. The summed E-state index contributed by atoms with van der Waals surface area (Å²) in [5.41, 5.74) is 1.33. The number of carboxylic acid groups (broad SMARTS) is 1. The number of aryl methyl sites for hydroxylation is 1. The molecule has 2 atom stereocenters. The lowest BCUT2D eigenvalue weighted by molar-refractivity contribution is -0.141. The molecule has 1 amide bonds. The van der Waals surface area contributed by atoms with E-state index in [1.165, 1.54) is 16.9 Å². The average Bonchev–Trinajstić information content (AvgIpc) is 3.22. The number of thiophene rings is 1.